The Bertz CT molecular complexity index is 823. The largest absolute Gasteiger partial charge is 0.572 e. The lowest BCUT2D eigenvalue weighted by molar-refractivity contribution is -0.306. The van der Waals surface area contributed by atoms with Crippen LogP contribution in [0, 0.1) is 0 Å². The number of rotatable bonds is 11. The molecule has 0 saturated carbocycles. The van der Waals surface area contributed by atoms with E-state index in [0.29, 0.717) is 25.1 Å². The molecule has 2 rings (SSSR count). The van der Waals surface area contributed by atoms with Gasteiger partial charge in [0.05, 0.1) is 18.0 Å². The summed E-state index contributed by atoms with van der Waals surface area (Å²) in [5.74, 6) is 0.577. The molecule has 0 spiro atoms. The van der Waals surface area contributed by atoms with Crippen LogP contribution in [0.25, 0.3) is 11.6 Å². The zero-order valence-corrected chi connectivity index (χ0v) is 19.2. The van der Waals surface area contributed by atoms with Crippen molar-refractivity contribution in [2.45, 2.75) is 91.0 Å². The normalized spacial score (nSPS) is 19.8. The number of allylic oxidation sites excluding steroid dienone is 5. The van der Waals surface area contributed by atoms with Crippen molar-refractivity contribution in [3.05, 3.63) is 41.7 Å². The van der Waals surface area contributed by atoms with E-state index in [1.165, 1.54) is 18.9 Å². The zero-order valence-electron chi connectivity index (χ0n) is 19.2. The van der Waals surface area contributed by atoms with E-state index < -0.39 is 6.36 Å². The fourth-order valence-electron chi connectivity index (χ4n) is 3.53. The topological polar surface area (TPSA) is 48.6 Å². The molecule has 0 amide bonds. The van der Waals surface area contributed by atoms with Crippen LogP contribution < -0.4 is 0 Å². The maximum Gasteiger partial charge on any atom is 0.572 e. The Hall–Kier alpha value is -2.51. The Morgan fingerprint density at radius 2 is 2.06 bits per heavy atom. The smallest absolute Gasteiger partial charge is 0.479 e. The summed E-state index contributed by atoms with van der Waals surface area (Å²) in [5, 5.41) is 4.49. The predicted octanol–water partition coefficient (Wildman–Crippen LogP) is 7.46. The number of unbranched alkanes of at least 4 members (excludes halogenated alkanes) is 2. The van der Waals surface area contributed by atoms with Crippen LogP contribution in [0.5, 0.6) is 0 Å². The van der Waals surface area contributed by atoms with Crippen LogP contribution in [-0.4, -0.2) is 28.5 Å². The summed E-state index contributed by atoms with van der Waals surface area (Å²) in [5.41, 5.74) is 1.57. The van der Waals surface area contributed by atoms with Crippen LogP contribution in [0.1, 0.15) is 90.1 Å². The third-order valence-electron chi connectivity index (χ3n) is 5.22. The first kappa shape index (κ1) is 25.7. The Morgan fingerprint density at radius 1 is 1.25 bits per heavy atom. The minimum atomic E-state index is -4.68. The highest BCUT2D eigenvalue weighted by Crippen LogP contribution is 2.29. The molecule has 32 heavy (non-hydrogen) atoms. The van der Waals surface area contributed by atoms with Crippen molar-refractivity contribution >= 4 is 18.0 Å². The van der Waals surface area contributed by atoms with Gasteiger partial charge in [0, 0.05) is 6.42 Å². The van der Waals surface area contributed by atoms with Gasteiger partial charge in [0.25, 0.3) is 0 Å². The van der Waals surface area contributed by atoms with Crippen LogP contribution in [-0.2, 0) is 9.47 Å². The van der Waals surface area contributed by atoms with Crippen LogP contribution in [0.3, 0.4) is 0 Å². The highest BCUT2D eigenvalue weighted by atomic mass is 19.4. The summed E-state index contributed by atoms with van der Waals surface area (Å²) in [7, 11) is 0. The lowest BCUT2D eigenvalue weighted by atomic mass is 10.0. The highest BCUT2D eigenvalue weighted by Gasteiger charge is 2.32. The van der Waals surface area contributed by atoms with Gasteiger partial charge in [0.2, 0.25) is 0 Å². The molecule has 178 valence electrons. The van der Waals surface area contributed by atoms with Gasteiger partial charge in [-0.3, -0.25) is 0 Å². The first-order valence-corrected chi connectivity index (χ1v) is 11.4. The molecule has 1 heterocycles. The van der Waals surface area contributed by atoms with Gasteiger partial charge < -0.3 is 9.47 Å². The molecule has 1 aliphatic carbocycles. The first-order chi connectivity index (χ1) is 15.4. The maximum absolute atomic E-state index is 12.6. The molecular weight excluding hydrogens is 419 g/mol. The van der Waals surface area contributed by atoms with Gasteiger partial charge in [-0.2, -0.15) is 0 Å². The molecule has 0 fully saturated rings. The lowest BCUT2D eigenvalue weighted by Gasteiger charge is -2.16. The number of hydrogen-bond acceptors (Lipinski definition) is 4. The van der Waals surface area contributed by atoms with Gasteiger partial charge in [-0.25, -0.2) is 9.66 Å². The fourth-order valence-corrected chi connectivity index (χ4v) is 3.53. The molecule has 5 nitrogen and oxygen atoms in total. The zero-order chi connectivity index (χ0) is 23.4. The average Bonchev–Trinajstić information content (AvgIpc) is 3.11. The maximum atomic E-state index is 12.6. The predicted molar refractivity (Wildman–Crippen MR) is 122 cm³/mol. The number of ether oxygens (including phenoxy) is 2. The van der Waals surface area contributed by atoms with Crippen LogP contribution >= 0.6 is 0 Å². The van der Waals surface area contributed by atoms with Gasteiger partial charge in [-0.15, -0.1) is 18.3 Å². The van der Waals surface area contributed by atoms with Crippen molar-refractivity contribution in [1.82, 2.24) is 9.66 Å². The quantitative estimate of drug-likeness (QED) is 0.198. The van der Waals surface area contributed by atoms with E-state index in [0.717, 1.165) is 37.0 Å². The van der Waals surface area contributed by atoms with Gasteiger partial charge in [0.15, 0.2) is 12.2 Å². The summed E-state index contributed by atoms with van der Waals surface area (Å²) in [6.45, 7) is 6.15. The number of halogens is 3. The molecule has 1 aliphatic rings. The number of aromatic nitrogens is 2. The summed E-state index contributed by atoms with van der Waals surface area (Å²) in [4.78, 5) is 4.43. The average molecular weight is 454 g/mol. The van der Waals surface area contributed by atoms with Gasteiger partial charge >= 0.3 is 6.36 Å². The van der Waals surface area contributed by atoms with E-state index in [2.05, 4.69) is 28.7 Å². The molecule has 8 heteroatoms. The minimum absolute atomic E-state index is 0.0486. The van der Waals surface area contributed by atoms with Crippen LogP contribution in [0.2, 0.25) is 0 Å². The molecular formula is C24H34F3N3O2. The number of imidazole rings is 1. The van der Waals surface area contributed by atoms with E-state index in [9.17, 15) is 13.2 Å². The number of hydrogen-bond donors (Lipinski definition) is 0. The van der Waals surface area contributed by atoms with Crippen molar-refractivity contribution in [3.8, 4) is 0 Å². The van der Waals surface area contributed by atoms with E-state index in [4.69, 9.17) is 4.74 Å². The lowest BCUT2D eigenvalue weighted by Crippen LogP contribution is -2.13. The van der Waals surface area contributed by atoms with Gasteiger partial charge in [-0.05, 0) is 63.2 Å². The first-order valence-electron chi connectivity index (χ1n) is 11.4. The summed E-state index contributed by atoms with van der Waals surface area (Å²) >= 11 is 0. The number of nitrogens with zero attached hydrogens (tertiary/aromatic N) is 3. The molecule has 0 bridgehead atoms. The van der Waals surface area contributed by atoms with Crippen molar-refractivity contribution in [3.63, 3.8) is 0 Å². The Morgan fingerprint density at radius 3 is 2.75 bits per heavy atom. The van der Waals surface area contributed by atoms with Crippen LogP contribution in [0.4, 0.5) is 13.2 Å². The van der Waals surface area contributed by atoms with Crippen LogP contribution in [0.15, 0.2) is 35.3 Å². The molecule has 0 radical (unpaired) electrons. The van der Waals surface area contributed by atoms with E-state index in [-0.39, 0.29) is 18.3 Å². The summed E-state index contributed by atoms with van der Waals surface area (Å²) < 4.78 is 49.6. The molecule has 1 atom stereocenters. The molecule has 0 aromatic carbocycles. The summed E-state index contributed by atoms with van der Waals surface area (Å²) in [6, 6.07) is 0. The Balaban J connectivity index is 2.21. The molecule has 0 aliphatic heterocycles. The molecule has 0 N–H and O–H groups in total. The SMILES string of the molecule is C/C=C\c1ncc(/C2=C/CCC/C(OC(F)(F)F)=C\C2)n1/N=C/OC(CC)CCCCC. The second kappa shape index (κ2) is 13.1. The molecule has 0 saturated heterocycles. The van der Waals surface area contributed by atoms with E-state index >= 15 is 0 Å². The van der Waals surface area contributed by atoms with Gasteiger partial charge in [0.1, 0.15) is 5.76 Å². The van der Waals surface area contributed by atoms with Crippen molar-refractivity contribution < 1.29 is 22.6 Å². The molecule has 1 unspecified atom stereocenters. The Kier molecular flexibility index (Phi) is 10.6. The molecule has 1 aromatic rings. The standard InChI is InChI=1S/C24H34F3N3O2/c1-4-7-8-13-20(6-3)31-18-29-30-22(17-28-23(30)11-5-2)19-12-9-10-14-21(16-15-19)32-24(25,26)27/h5,11-12,16-18,20H,4,6-10,13-15H2,1-3H3/b11-5-,19-12+,21-16+,29-18+. The highest BCUT2D eigenvalue weighted by molar-refractivity contribution is 5.66. The molecule has 1 aromatic heterocycles. The second-order valence-electron chi connectivity index (χ2n) is 7.74. The third-order valence-corrected chi connectivity index (χ3v) is 5.22. The fraction of sp³-hybridized carbons (Fsp3) is 0.583. The Labute approximate surface area is 188 Å². The van der Waals surface area contributed by atoms with E-state index in [1.54, 1.807) is 10.9 Å². The minimum Gasteiger partial charge on any atom is -0.479 e. The van der Waals surface area contributed by atoms with Crippen molar-refractivity contribution in [2.75, 3.05) is 0 Å². The summed E-state index contributed by atoms with van der Waals surface area (Å²) in [6.07, 6.45) is 12.9. The van der Waals surface area contributed by atoms with Crippen molar-refractivity contribution in [2.24, 2.45) is 5.10 Å². The van der Waals surface area contributed by atoms with Crippen molar-refractivity contribution in [1.29, 1.82) is 0 Å². The third kappa shape index (κ3) is 8.55. The van der Waals surface area contributed by atoms with Gasteiger partial charge in [-0.1, -0.05) is 38.8 Å². The second-order valence-corrected chi connectivity index (χ2v) is 7.74. The monoisotopic (exact) mass is 453 g/mol. The number of alkyl halides is 3. The van der Waals surface area contributed by atoms with E-state index in [1.807, 2.05) is 25.2 Å².